The lowest BCUT2D eigenvalue weighted by atomic mass is 10.1. The van der Waals surface area contributed by atoms with Gasteiger partial charge >= 0.3 is 0 Å². The van der Waals surface area contributed by atoms with Crippen LogP contribution in [0.2, 0.25) is 5.02 Å². The molecule has 5 nitrogen and oxygen atoms in total. The number of nitrogens with one attached hydrogen (secondary N) is 2. The number of carbonyl (C=O) groups is 2. The Kier molecular flexibility index (Phi) is 7.90. The molecular formula is C22H22ClN3O2S2. The number of amides is 2. The monoisotopic (exact) mass is 459 g/mol. The smallest absolute Gasteiger partial charge is 0.258 e. The summed E-state index contributed by atoms with van der Waals surface area (Å²) in [6.07, 6.45) is 3.74. The molecule has 0 fully saturated rings. The molecule has 8 heteroatoms. The van der Waals surface area contributed by atoms with Crippen LogP contribution in [0.5, 0.6) is 0 Å². The number of anilines is 1. The van der Waals surface area contributed by atoms with E-state index >= 15 is 0 Å². The molecule has 3 rings (SSSR count). The number of hydrogen-bond donors (Lipinski definition) is 2. The lowest BCUT2D eigenvalue weighted by Gasteiger charge is -2.06. The minimum Gasteiger partial charge on any atom is -0.356 e. The van der Waals surface area contributed by atoms with Crippen molar-refractivity contribution >= 4 is 51.6 Å². The number of aromatic nitrogens is 1. The van der Waals surface area contributed by atoms with Crippen LogP contribution in [0.3, 0.4) is 0 Å². The van der Waals surface area contributed by atoms with Gasteiger partial charge in [-0.15, -0.1) is 23.1 Å². The first-order chi connectivity index (χ1) is 14.5. The molecule has 0 aliphatic carbocycles. The Morgan fingerprint density at radius 3 is 2.63 bits per heavy atom. The van der Waals surface area contributed by atoms with Crippen LogP contribution in [0.4, 0.5) is 5.13 Å². The van der Waals surface area contributed by atoms with Crippen molar-refractivity contribution in [2.75, 3.05) is 18.1 Å². The van der Waals surface area contributed by atoms with E-state index in [1.807, 2.05) is 29.8 Å². The quantitative estimate of drug-likeness (QED) is 0.344. The van der Waals surface area contributed by atoms with Crippen LogP contribution < -0.4 is 10.6 Å². The molecule has 156 valence electrons. The molecule has 0 aliphatic rings. The van der Waals surface area contributed by atoms with E-state index in [1.165, 1.54) is 23.8 Å². The van der Waals surface area contributed by atoms with Crippen molar-refractivity contribution in [3.63, 3.8) is 0 Å². The zero-order valence-corrected chi connectivity index (χ0v) is 19.1. The molecule has 30 heavy (non-hydrogen) atoms. The number of thioether (sulfide) groups is 1. The number of carbonyl (C=O) groups excluding carboxylic acids is 2. The van der Waals surface area contributed by atoms with E-state index in [4.69, 9.17) is 11.6 Å². The maximum absolute atomic E-state index is 12.6. The highest BCUT2D eigenvalue weighted by atomic mass is 35.5. The Morgan fingerprint density at radius 2 is 1.93 bits per heavy atom. The summed E-state index contributed by atoms with van der Waals surface area (Å²) in [5.41, 5.74) is 3.43. The number of aryl methyl sites for hydroxylation is 1. The Balaban J connectivity index is 1.62. The third-order valence-electron chi connectivity index (χ3n) is 4.41. The molecule has 0 radical (unpaired) electrons. The van der Waals surface area contributed by atoms with E-state index in [9.17, 15) is 9.59 Å². The van der Waals surface area contributed by atoms with Crippen molar-refractivity contribution < 1.29 is 9.59 Å². The molecule has 0 bridgehead atoms. The number of benzene rings is 2. The second kappa shape index (κ2) is 10.6. The Bertz CT molecular complexity index is 1040. The number of hydrogen-bond acceptors (Lipinski definition) is 5. The summed E-state index contributed by atoms with van der Waals surface area (Å²) < 4.78 is 0. The third kappa shape index (κ3) is 6.08. The third-order valence-corrected chi connectivity index (χ3v) is 6.22. The van der Waals surface area contributed by atoms with Gasteiger partial charge in [-0.1, -0.05) is 35.9 Å². The maximum Gasteiger partial charge on any atom is 0.258 e. The van der Waals surface area contributed by atoms with Crippen LogP contribution in [-0.2, 0) is 11.2 Å². The van der Waals surface area contributed by atoms with Crippen molar-refractivity contribution in [1.82, 2.24) is 10.3 Å². The predicted molar refractivity (Wildman–Crippen MR) is 126 cm³/mol. The maximum atomic E-state index is 12.6. The van der Waals surface area contributed by atoms with E-state index < -0.39 is 0 Å². The SMILES string of the molecule is CSc1ccc(Cl)c(C(=O)Nc2nc(-c3ccc(CCCNC(C)=O)cc3)cs2)c1. The molecule has 2 amide bonds. The minimum atomic E-state index is -0.272. The molecule has 0 atom stereocenters. The first-order valence-corrected chi connectivity index (χ1v) is 11.9. The Labute approximate surface area is 189 Å². The van der Waals surface area contributed by atoms with Crippen LogP contribution >= 0.6 is 34.7 Å². The van der Waals surface area contributed by atoms with Crippen LogP contribution in [-0.4, -0.2) is 29.6 Å². The van der Waals surface area contributed by atoms with Gasteiger partial charge < -0.3 is 5.32 Å². The van der Waals surface area contributed by atoms with Crippen LogP contribution in [0, 0.1) is 0 Å². The van der Waals surface area contributed by atoms with Gasteiger partial charge in [-0.25, -0.2) is 4.98 Å². The van der Waals surface area contributed by atoms with Gasteiger partial charge in [0.25, 0.3) is 5.91 Å². The van der Waals surface area contributed by atoms with Crippen molar-refractivity contribution in [2.24, 2.45) is 0 Å². The normalized spacial score (nSPS) is 10.6. The highest BCUT2D eigenvalue weighted by Crippen LogP contribution is 2.27. The van der Waals surface area contributed by atoms with Crippen LogP contribution in [0.25, 0.3) is 11.3 Å². The zero-order chi connectivity index (χ0) is 21.5. The highest BCUT2D eigenvalue weighted by molar-refractivity contribution is 7.98. The molecular weight excluding hydrogens is 438 g/mol. The largest absolute Gasteiger partial charge is 0.356 e. The average Bonchev–Trinajstić information content (AvgIpc) is 3.20. The fourth-order valence-corrected chi connectivity index (χ4v) is 4.19. The zero-order valence-electron chi connectivity index (χ0n) is 16.7. The second-order valence-electron chi connectivity index (χ2n) is 6.62. The standard InChI is InChI=1S/C22H22ClN3O2S2/c1-14(27)24-11-3-4-15-5-7-16(8-6-15)20-13-30-22(25-20)26-21(28)18-12-17(29-2)9-10-19(18)23/h5-10,12-13H,3-4,11H2,1-2H3,(H,24,27)(H,25,26,28). The van der Waals surface area contributed by atoms with E-state index in [0.29, 0.717) is 22.3 Å². The first-order valence-electron chi connectivity index (χ1n) is 9.40. The fraction of sp³-hybridized carbons (Fsp3) is 0.227. The van der Waals surface area contributed by atoms with Gasteiger partial charge in [-0.2, -0.15) is 0 Å². The van der Waals surface area contributed by atoms with Gasteiger partial charge in [-0.05, 0) is 42.9 Å². The van der Waals surface area contributed by atoms with Crippen molar-refractivity contribution in [1.29, 1.82) is 0 Å². The van der Waals surface area contributed by atoms with Crippen molar-refractivity contribution in [3.8, 4) is 11.3 Å². The number of thiazole rings is 1. The van der Waals surface area contributed by atoms with Crippen LogP contribution in [0.15, 0.2) is 52.7 Å². The molecule has 0 saturated heterocycles. The molecule has 2 aromatic carbocycles. The average molecular weight is 460 g/mol. The summed E-state index contributed by atoms with van der Waals surface area (Å²) in [4.78, 5) is 29.0. The second-order valence-corrected chi connectivity index (χ2v) is 8.77. The molecule has 1 aromatic heterocycles. The lowest BCUT2D eigenvalue weighted by molar-refractivity contribution is -0.118. The first kappa shape index (κ1) is 22.3. The van der Waals surface area contributed by atoms with Gasteiger partial charge in [0.15, 0.2) is 5.13 Å². The lowest BCUT2D eigenvalue weighted by Crippen LogP contribution is -2.21. The van der Waals surface area contributed by atoms with Gasteiger partial charge in [0.1, 0.15) is 0 Å². The molecule has 3 aromatic rings. The van der Waals surface area contributed by atoms with Gasteiger partial charge in [-0.3, -0.25) is 14.9 Å². The summed E-state index contributed by atoms with van der Waals surface area (Å²) >= 11 is 9.11. The fourth-order valence-electron chi connectivity index (χ4n) is 2.83. The molecule has 0 saturated carbocycles. The van der Waals surface area contributed by atoms with E-state index in [-0.39, 0.29) is 11.8 Å². The van der Waals surface area contributed by atoms with E-state index in [2.05, 4.69) is 27.8 Å². The molecule has 0 aliphatic heterocycles. The molecule has 1 heterocycles. The van der Waals surface area contributed by atoms with Crippen molar-refractivity contribution in [2.45, 2.75) is 24.7 Å². The summed E-state index contributed by atoms with van der Waals surface area (Å²) in [7, 11) is 0. The highest BCUT2D eigenvalue weighted by Gasteiger charge is 2.14. The summed E-state index contributed by atoms with van der Waals surface area (Å²) in [5.74, 6) is -0.276. The number of halogens is 1. The summed E-state index contributed by atoms with van der Waals surface area (Å²) in [6, 6.07) is 13.6. The topological polar surface area (TPSA) is 71.1 Å². The Morgan fingerprint density at radius 1 is 1.17 bits per heavy atom. The summed E-state index contributed by atoms with van der Waals surface area (Å²) in [6.45, 7) is 2.20. The predicted octanol–water partition coefficient (Wildman–Crippen LogP) is 5.51. The van der Waals surface area contributed by atoms with Crippen LogP contribution in [0.1, 0.15) is 29.3 Å². The molecule has 2 N–H and O–H groups in total. The Hall–Kier alpha value is -2.35. The number of nitrogens with zero attached hydrogens (tertiary/aromatic N) is 1. The van der Waals surface area contributed by atoms with Crippen molar-refractivity contribution in [3.05, 3.63) is 64.0 Å². The molecule has 0 unspecified atom stereocenters. The van der Waals surface area contributed by atoms with Gasteiger partial charge in [0.2, 0.25) is 5.91 Å². The summed E-state index contributed by atoms with van der Waals surface area (Å²) in [5, 5.41) is 8.50. The molecule has 0 spiro atoms. The minimum absolute atomic E-state index is 0.00370. The number of rotatable bonds is 8. The van der Waals surface area contributed by atoms with Gasteiger partial charge in [0.05, 0.1) is 16.3 Å². The van der Waals surface area contributed by atoms with E-state index in [0.717, 1.165) is 29.0 Å². The van der Waals surface area contributed by atoms with Gasteiger partial charge in [0, 0.05) is 29.3 Å². The van der Waals surface area contributed by atoms with E-state index in [1.54, 1.807) is 23.9 Å².